The molecule has 1 aromatic heterocycles. The van der Waals surface area contributed by atoms with Gasteiger partial charge in [-0.15, -0.1) is 0 Å². The number of aromatic amines is 1. The Balaban J connectivity index is 1.95. The number of benzene rings is 3. The van der Waals surface area contributed by atoms with Crippen LogP contribution in [0.5, 0.6) is 5.75 Å². The highest BCUT2D eigenvalue weighted by molar-refractivity contribution is 6.15. The molecule has 0 atom stereocenters. The van der Waals surface area contributed by atoms with Crippen LogP contribution in [0.25, 0.3) is 21.7 Å². The third-order valence-corrected chi connectivity index (χ3v) is 4.64. The second kappa shape index (κ2) is 6.76. The lowest BCUT2D eigenvalue weighted by Gasteiger charge is -2.06. The smallest absolute Gasteiger partial charge is 0.340 e. The van der Waals surface area contributed by atoms with Crippen LogP contribution in [0.2, 0.25) is 0 Å². The van der Waals surface area contributed by atoms with Crippen LogP contribution in [0.4, 0.5) is 4.39 Å². The molecule has 0 aliphatic rings. The summed E-state index contributed by atoms with van der Waals surface area (Å²) in [4.78, 5) is 16.0. The first-order chi connectivity index (χ1) is 13.1. The fourth-order valence-corrected chi connectivity index (χ4v) is 3.44. The molecule has 0 spiro atoms. The van der Waals surface area contributed by atoms with Gasteiger partial charge < -0.3 is 14.8 Å². The van der Waals surface area contributed by atoms with E-state index in [1.165, 1.54) is 12.1 Å². The van der Waals surface area contributed by atoms with Crippen molar-refractivity contribution in [3.05, 3.63) is 77.2 Å². The molecule has 0 aliphatic carbocycles. The van der Waals surface area contributed by atoms with Gasteiger partial charge in [-0.25, -0.2) is 9.18 Å². The van der Waals surface area contributed by atoms with Crippen LogP contribution in [0, 0.1) is 5.82 Å². The minimum atomic E-state index is -0.449. The maximum absolute atomic E-state index is 13.2. The Labute approximate surface area is 155 Å². The first-order valence-corrected chi connectivity index (χ1v) is 8.75. The van der Waals surface area contributed by atoms with Crippen LogP contribution in [-0.4, -0.2) is 22.7 Å². The number of rotatable bonds is 4. The molecule has 0 bridgehead atoms. The van der Waals surface area contributed by atoms with Gasteiger partial charge in [-0.3, -0.25) is 0 Å². The monoisotopic (exact) mass is 363 g/mol. The molecule has 0 fully saturated rings. The predicted octanol–water partition coefficient (Wildman–Crippen LogP) is 4.93. The van der Waals surface area contributed by atoms with E-state index in [2.05, 4.69) is 4.98 Å². The minimum Gasteiger partial charge on any atom is -0.507 e. The molecule has 1 heterocycles. The third kappa shape index (κ3) is 3.01. The molecule has 0 saturated heterocycles. The highest BCUT2D eigenvalue weighted by Crippen LogP contribution is 2.36. The molecule has 3 aromatic carbocycles. The number of ether oxygens (including phenoxy) is 1. The van der Waals surface area contributed by atoms with Crippen LogP contribution >= 0.6 is 0 Å². The molecular formula is C22H18FNO3. The Morgan fingerprint density at radius 2 is 1.78 bits per heavy atom. The number of aromatic nitrogens is 1. The Morgan fingerprint density at radius 1 is 1.07 bits per heavy atom. The zero-order valence-corrected chi connectivity index (χ0v) is 14.8. The summed E-state index contributed by atoms with van der Waals surface area (Å²) in [6.45, 7) is 2.00. The molecule has 0 aliphatic heterocycles. The first-order valence-electron chi connectivity index (χ1n) is 8.75. The highest BCUT2D eigenvalue weighted by atomic mass is 19.1. The van der Waals surface area contributed by atoms with Crippen LogP contribution in [0.15, 0.2) is 54.6 Å². The maximum Gasteiger partial charge on any atom is 0.340 e. The third-order valence-electron chi connectivity index (χ3n) is 4.64. The summed E-state index contributed by atoms with van der Waals surface area (Å²) >= 11 is 0. The van der Waals surface area contributed by atoms with Crippen LogP contribution in [0.1, 0.15) is 28.5 Å². The molecule has 0 radical (unpaired) electrons. The van der Waals surface area contributed by atoms with E-state index >= 15 is 0 Å². The van der Waals surface area contributed by atoms with Gasteiger partial charge in [-0.2, -0.15) is 0 Å². The van der Waals surface area contributed by atoms with E-state index in [1.54, 1.807) is 25.1 Å². The summed E-state index contributed by atoms with van der Waals surface area (Å²) < 4.78 is 18.5. The van der Waals surface area contributed by atoms with E-state index in [-0.39, 0.29) is 18.2 Å². The number of halogens is 1. The van der Waals surface area contributed by atoms with E-state index in [9.17, 15) is 14.3 Å². The summed E-state index contributed by atoms with van der Waals surface area (Å²) in [5, 5.41) is 12.6. The summed E-state index contributed by atoms with van der Waals surface area (Å²) in [6.07, 6.45) is 0.415. The molecule has 136 valence electrons. The number of carbonyl (C=O) groups excluding carboxylic acids is 1. The number of carbonyl (C=O) groups is 1. The van der Waals surface area contributed by atoms with Gasteiger partial charge in [-0.05, 0) is 30.7 Å². The molecule has 2 N–H and O–H groups in total. The second-order valence-electron chi connectivity index (χ2n) is 6.37. The van der Waals surface area contributed by atoms with Crippen molar-refractivity contribution in [1.29, 1.82) is 0 Å². The van der Waals surface area contributed by atoms with Crippen LogP contribution < -0.4 is 0 Å². The Hall–Kier alpha value is -3.34. The molecule has 0 amide bonds. The van der Waals surface area contributed by atoms with E-state index in [0.717, 1.165) is 16.5 Å². The number of hydrogen-bond donors (Lipinski definition) is 2. The van der Waals surface area contributed by atoms with Gasteiger partial charge in [0.05, 0.1) is 17.7 Å². The fourth-order valence-electron chi connectivity index (χ4n) is 3.44. The Morgan fingerprint density at radius 3 is 2.48 bits per heavy atom. The predicted molar refractivity (Wildman–Crippen MR) is 103 cm³/mol. The molecule has 4 rings (SSSR count). The number of esters is 1. The zero-order valence-electron chi connectivity index (χ0n) is 14.8. The quantitative estimate of drug-likeness (QED) is 0.505. The summed E-state index contributed by atoms with van der Waals surface area (Å²) in [6, 6.07) is 15.2. The molecule has 27 heavy (non-hydrogen) atoms. The van der Waals surface area contributed by atoms with Gasteiger partial charge in [0, 0.05) is 28.3 Å². The zero-order chi connectivity index (χ0) is 19.0. The van der Waals surface area contributed by atoms with Crippen molar-refractivity contribution >= 4 is 27.6 Å². The van der Waals surface area contributed by atoms with Gasteiger partial charge in [0.25, 0.3) is 0 Å². The van der Waals surface area contributed by atoms with Crippen LogP contribution in [-0.2, 0) is 11.2 Å². The Bertz CT molecular complexity index is 1150. The number of fused-ring (bicyclic) bond motifs is 3. The molecular weight excluding hydrogens is 345 g/mol. The number of H-pyrrole nitrogens is 1. The minimum absolute atomic E-state index is 0.107. The number of aromatic hydroxyl groups is 1. The highest BCUT2D eigenvalue weighted by Gasteiger charge is 2.22. The molecule has 0 saturated carbocycles. The van der Waals surface area contributed by atoms with Crippen LogP contribution in [0.3, 0.4) is 0 Å². The van der Waals surface area contributed by atoms with Gasteiger partial charge in [-0.1, -0.05) is 36.4 Å². The van der Waals surface area contributed by atoms with E-state index < -0.39 is 5.97 Å². The SMILES string of the molecule is CCOC(=O)c1c(Cc2ccc(F)cc2)[nH]c2c1cc(O)c1ccccc12. The number of phenols is 1. The second-order valence-corrected chi connectivity index (χ2v) is 6.37. The molecule has 0 unspecified atom stereocenters. The van der Waals surface area contributed by atoms with Crippen molar-refractivity contribution in [2.45, 2.75) is 13.3 Å². The average Bonchev–Trinajstić information content (AvgIpc) is 3.02. The molecule has 5 heteroatoms. The van der Waals surface area contributed by atoms with Crippen molar-refractivity contribution in [3.8, 4) is 5.75 Å². The number of nitrogens with one attached hydrogen (secondary N) is 1. The van der Waals surface area contributed by atoms with Gasteiger partial charge in [0.15, 0.2) is 0 Å². The van der Waals surface area contributed by atoms with Crippen molar-refractivity contribution in [3.63, 3.8) is 0 Å². The summed E-state index contributed by atoms with van der Waals surface area (Å²) in [5.41, 5.74) is 2.70. The van der Waals surface area contributed by atoms with Crippen molar-refractivity contribution in [2.75, 3.05) is 6.61 Å². The lowest BCUT2D eigenvalue weighted by Crippen LogP contribution is -2.07. The molecule has 4 nitrogen and oxygen atoms in total. The lowest BCUT2D eigenvalue weighted by molar-refractivity contribution is 0.0527. The average molecular weight is 363 g/mol. The lowest BCUT2D eigenvalue weighted by atomic mass is 10.0. The van der Waals surface area contributed by atoms with E-state index in [1.807, 2.05) is 24.3 Å². The van der Waals surface area contributed by atoms with Gasteiger partial charge in [0.2, 0.25) is 0 Å². The summed E-state index contributed by atoms with van der Waals surface area (Å²) in [7, 11) is 0. The van der Waals surface area contributed by atoms with E-state index in [4.69, 9.17) is 4.74 Å². The Kier molecular flexibility index (Phi) is 4.28. The van der Waals surface area contributed by atoms with Gasteiger partial charge >= 0.3 is 5.97 Å². The maximum atomic E-state index is 13.2. The fraction of sp³-hybridized carbons (Fsp3) is 0.136. The largest absolute Gasteiger partial charge is 0.507 e. The van der Waals surface area contributed by atoms with Crippen molar-refractivity contribution < 1.29 is 19.0 Å². The normalized spacial score (nSPS) is 11.2. The first kappa shape index (κ1) is 17.1. The number of phenolic OH excluding ortho intramolecular Hbond substituents is 1. The van der Waals surface area contributed by atoms with Crippen molar-refractivity contribution in [1.82, 2.24) is 4.98 Å². The van der Waals surface area contributed by atoms with E-state index in [0.29, 0.717) is 28.5 Å². The molecule has 4 aromatic rings. The van der Waals surface area contributed by atoms with Gasteiger partial charge in [0.1, 0.15) is 11.6 Å². The standard InChI is InChI=1S/C22H18FNO3/c1-2-27-22(26)20-17-12-19(25)15-5-3-4-6-16(15)21(17)24-18(20)11-13-7-9-14(23)10-8-13/h3-10,12,24-25H,2,11H2,1H3. The number of hydrogen-bond acceptors (Lipinski definition) is 3. The topological polar surface area (TPSA) is 62.3 Å². The van der Waals surface area contributed by atoms with Crippen molar-refractivity contribution in [2.24, 2.45) is 0 Å². The summed E-state index contributed by atoms with van der Waals surface area (Å²) in [5.74, 6) is -0.650.